The van der Waals surface area contributed by atoms with E-state index < -0.39 is 0 Å². The van der Waals surface area contributed by atoms with Crippen molar-refractivity contribution in [2.24, 2.45) is 0 Å². The summed E-state index contributed by atoms with van der Waals surface area (Å²) in [6.07, 6.45) is 6.00. The van der Waals surface area contributed by atoms with E-state index in [4.69, 9.17) is 4.74 Å². The number of fused-ring (bicyclic) bond motifs is 2. The summed E-state index contributed by atoms with van der Waals surface area (Å²) in [5.41, 5.74) is 3.71. The van der Waals surface area contributed by atoms with Crippen molar-refractivity contribution in [2.75, 3.05) is 11.9 Å². The van der Waals surface area contributed by atoms with Crippen molar-refractivity contribution in [3.8, 4) is 0 Å². The van der Waals surface area contributed by atoms with Crippen LogP contribution in [0.4, 0.5) is 5.69 Å². The van der Waals surface area contributed by atoms with E-state index in [2.05, 4.69) is 21.2 Å². The average Bonchev–Trinajstić information content (AvgIpc) is 3.03. The summed E-state index contributed by atoms with van der Waals surface area (Å²) in [6.45, 7) is 0.405. The average molecular weight is 359 g/mol. The fourth-order valence-corrected chi connectivity index (χ4v) is 3.11. The van der Waals surface area contributed by atoms with Crippen LogP contribution in [-0.4, -0.2) is 23.1 Å². The van der Waals surface area contributed by atoms with E-state index in [-0.39, 0.29) is 11.9 Å². The molecule has 110 valence electrons. The largest absolute Gasteiger partial charge is 0.462 e. The SMILES string of the molecule is O=C1Nc2ccc(Br)cc2C1=Cn1cc2c(c1)C(=O)OCC2. The number of hydrogen-bond donors (Lipinski definition) is 1. The third-order valence-corrected chi connectivity index (χ3v) is 4.29. The van der Waals surface area contributed by atoms with Crippen molar-refractivity contribution in [3.05, 3.63) is 51.8 Å². The summed E-state index contributed by atoms with van der Waals surface area (Å²) in [7, 11) is 0. The molecule has 1 aromatic heterocycles. The van der Waals surface area contributed by atoms with Gasteiger partial charge in [0.25, 0.3) is 5.91 Å². The van der Waals surface area contributed by atoms with Gasteiger partial charge in [-0.05, 0) is 23.8 Å². The normalized spacial score (nSPS) is 18.0. The van der Waals surface area contributed by atoms with E-state index in [9.17, 15) is 9.59 Å². The molecule has 6 heteroatoms. The third kappa shape index (κ3) is 2.07. The lowest BCUT2D eigenvalue weighted by atomic mass is 10.1. The van der Waals surface area contributed by atoms with Crippen molar-refractivity contribution in [3.63, 3.8) is 0 Å². The summed E-state index contributed by atoms with van der Waals surface area (Å²) >= 11 is 3.42. The topological polar surface area (TPSA) is 60.3 Å². The van der Waals surface area contributed by atoms with Gasteiger partial charge in [0.2, 0.25) is 0 Å². The number of aromatic nitrogens is 1. The van der Waals surface area contributed by atoms with Gasteiger partial charge in [-0.1, -0.05) is 15.9 Å². The van der Waals surface area contributed by atoms with Crippen LogP contribution < -0.4 is 5.32 Å². The van der Waals surface area contributed by atoms with Gasteiger partial charge in [-0.25, -0.2) is 4.79 Å². The molecular formula is C16H11BrN2O3. The molecule has 0 spiro atoms. The molecule has 22 heavy (non-hydrogen) atoms. The molecule has 1 aromatic carbocycles. The number of benzene rings is 1. The molecular weight excluding hydrogens is 348 g/mol. The Morgan fingerprint density at radius 3 is 2.91 bits per heavy atom. The highest BCUT2D eigenvalue weighted by molar-refractivity contribution is 9.10. The minimum atomic E-state index is -0.308. The second kappa shape index (κ2) is 4.84. The van der Waals surface area contributed by atoms with Crippen LogP contribution in [0.25, 0.3) is 11.8 Å². The van der Waals surface area contributed by atoms with Crippen molar-refractivity contribution >= 4 is 45.3 Å². The monoisotopic (exact) mass is 358 g/mol. The number of halogens is 1. The molecule has 2 aliphatic heterocycles. The first-order valence-electron chi connectivity index (χ1n) is 6.82. The number of esters is 1. The highest BCUT2D eigenvalue weighted by atomic mass is 79.9. The highest BCUT2D eigenvalue weighted by Gasteiger charge is 2.25. The van der Waals surface area contributed by atoms with Gasteiger partial charge in [0.15, 0.2) is 0 Å². The first-order valence-corrected chi connectivity index (χ1v) is 7.62. The van der Waals surface area contributed by atoms with Gasteiger partial charge in [0, 0.05) is 40.7 Å². The van der Waals surface area contributed by atoms with E-state index in [1.54, 1.807) is 17.0 Å². The molecule has 4 rings (SSSR count). The molecule has 5 nitrogen and oxygen atoms in total. The Hall–Kier alpha value is -2.34. The smallest absolute Gasteiger partial charge is 0.339 e. The highest BCUT2D eigenvalue weighted by Crippen LogP contribution is 2.34. The molecule has 1 N–H and O–H groups in total. The maximum absolute atomic E-state index is 12.2. The molecule has 3 heterocycles. The second-order valence-electron chi connectivity index (χ2n) is 5.22. The summed E-state index contributed by atoms with van der Waals surface area (Å²) < 4.78 is 7.68. The number of carbonyl (C=O) groups excluding carboxylic acids is 2. The number of nitrogens with zero attached hydrogens (tertiary/aromatic N) is 1. The molecule has 2 aliphatic rings. The molecule has 1 amide bonds. The predicted molar refractivity (Wildman–Crippen MR) is 85.4 cm³/mol. The van der Waals surface area contributed by atoms with E-state index in [1.807, 2.05) is 24.4 Å². The molecule has 0 aliphatic carbocycles. The number of carbonyl (C=O) groups is 2. The van der Waals surface area contributed by atoms with Crippen LogP contribution in [0.1, 0.15) is 21.5 Å². The quantitative estimate of drug-likeness (QED) is 0.629. The van der Waals surface area contributed by atoms with Crippen LogP contribution >= 0.6 is 15.9 Å². The van der Waals surface area contributed by atoms with Crippen LogP contribution in [0.15, 0.2) is 35.1 Å². The van der Waals surface area contributed by atoms with E-state index >= 15 is 0 Å². The Labute approximate surface area is 134 Å². The van der Waals surface area contributed by atoms with Gasteiger partial charge in [-0.15, -0.1) is 0 Å². The Morgan fingerprint density at radius 1 is 1.23 bits per heavy atom. The lowest BCUT2D eigenvalue weighted by Gasteiger charge is -2.09. The molecule has 0 unspecified atom stereocenters. The molecule has 0 fully saturated rings. The zero-order valence-corrected chi connectivity index (χ0v) is 13.0. The molecule has 2 aromatic rings. The number of cyclic esters (lactones) is 1. The maximum Gasteiger partial charge on any atom is 0.339 e. The lowest BCUT2D eigenvalue weighted by molar-refractivity contribution is -0.110. The van der Waals surface area contributed by atoms with Gasteiger partial charge in [0.1, 0.15) is 0 Å². The Morgan fingerprint density at radius 2 is 2.09 bits per heavy atom. The first kappa shape index (κ1) is 13.3. The fraction of sp³-hybridized carbons (Fsp3) is 0.125. The first-order chi connectivity index (χ1) is 10.6. The van der Waals surface area contributed by atoms with Gasteiger partial charge >= 0.3 is 5.97 Å². The van der Waals surface area contributed by atoms with Gasteiger partial charge in [0.05, 0.1) is 17.7 Å². The number of hydrogen-bond acceptors (Lipinski definition) is 3. The zero-order valence-electron chi connectivity index (χ0n) is 11.4. The molecule has 0 bridgehead atoms. The van der Waals surface area contributed by atoms with E-state index in [0.717, 1.165) is 21.3 Å². The Kier molecular flexibility index (Phi) is 2.94. The fourth-order valence-electron chi connectivity index (χ4n) is 2.75. The Bertz CT molecular complexity index is 851. The molecule has 0 radical (unpaired) electrons. The summed E-state index contributed by atoms with van der Waals surface area (Å²) in [5.74, 6) is -0.459. The summed E-state index contributed by atoms with van der Waals surface area (Å²) in [6, 6.07) is 5.64. The molecule has 0 atom stereocenters. The van der Waals surface area contributed by atoms with E-state index in [1.165, 1.54) is 0 Å². The van der Waals surface area contributed by atoms with Crippen LogP contribution in [0, 0.1) is 0 Å². The van der Waals surface area contributed by atoms with Crippen molar-refractivity contribution in [2.45, 2.75) is 6.42 Å². The standard InChI is InChI=1S/C16H11BrN2O3/c17-10-1-2-14-11(5-10)13(15(20)18-14)8-19-6-9-3-4-22-16(21)12(9)7-19/h1-2,5-8H,3-4H2,(H,18,20). The van der Waals surface area contributed by atoms with Crippen molar-refractivity contribution in [1.82, 2.24) is 4.57 Å². The summed E-state index contributed by atoms with van der Waals surface area (Å²) in [5, 5.41) is 2.83. The van der Waals surface area contributed by atoms with Gasteiger partial charge in [-0.2, -0.15) is 0 Å². The van der Waals surface area contributed by atoms with E-state index in [0.29, 0.717) is 24.2 Å². The Balaban J connectivity index is 1.79. The number of nitrogens with one attached hydrogen (secondary N) is 1. The lowest BCUT2D eigenvalue weighted by Crippen LogP contribution is -2.15. The molecule has 0 saturated heterocycles. The summed E-state index contributed by atoms with van der Waals surface area (Å²) in [4.78, 5) is 23.9. The third-order valence-electron chi connectivity index (χ3n) is 3.80. The van der Waals surface area contributed by atoms with Crippen LogP contribution in [0.2, 0.25) is 0 Å². The minimum Gasteiger partial charge on any atom is -0.462 e. The van der Waals surface area contributed by atoms with Crippen molar-refractivity contribution in [1.29, 1.82) is 0 Å². The van der Waals surface area contributed by atoms with Crippen LogP contribution in [0.3, 0.4) is 0 Å². The predicted octanol–water partition coefficient (Wildman–Crippen LogP) is 2.91. The number of anilines is 1. The van der Waals surface area contributed by atoms with Gasteiger partial charge in [-0.3, -0.25) is 4.79 Å². The second-order valence-corrected chi connectivity index (χ2v) is 6.13. The van der Waals surface area contributed by atoms with Crippen LogP contribution in [-0.2, 0) is 16.0 Å². The number of ether oxygens (including phenoxy) is 1. The number of amides is 1. The van der Waals surface area contributed by atoms with Crippen LogP contribution in [0.5, 0.6) is 0 Å². The van der Waals surface area contributed by atoms with Crippen molar-refractivity contribution < 1.29 is 14.3 Å². The number of rotatable bonds is 1. The van der Waals surface area contributed by atoms with Gasteiger partial charge < -0.3 is 14.6 Å². The maximum atomic E-state index is 12.2. The minimum absolute atomic E-state index is 0.151. The zero-order chi connectivity index (χ0) is 15.3. The molecule has 0 saturated carbocycles.